The molecule has 12 atom stereocenters. The van der Waals surface area contributed by atoms with Crippen molar-refractivity contribution in [1.82, 2.24) is 5.32 Å². The van der Waals surface area contributed by atoms with Crippen LogP contribution in [0.5, 0.6) is 0 Å². The van der Waals surface area contributed by atoms with Crippen molar-refractivity contribution in [3.05, 3.63) is 72.9 Å². The van der Waals surface area contributed by atoms with E-state index < -0.39 is 86.8 Å². The molecule has 0 aliphatic carbocycles. The standard InChI is InChI=1S/C43H71NO13/c1-3-5-7-9-10-11-12-13-14-15-16-17-18-19-20-21-22-23-25-27-35(48)44-31(32(47)26-24-8-6-4-2)30-54-42-40(53)38(51)41(34(29-46)56-42)57-43-39(52)37(50)36(49)33(28-45)55-43/h5,7,10-11,13-14,16-17,19-20,24,26,31-34,36-43,45-47,49-53H,3-4,6,8-9,12,15,18,21-23,25,27-30H2,1-2H3,(H,44,48)/b7-5-,11-10-,14-13-,17-16-,20-19-,26-24+. The minimum absolute atomic E-state index is 0.235. The van der Waals surface area contributed by atoms with Crippen LogP contribution in [-0.2, 0) is 23.7 Å². The maximum Gasteiger partial charge on any atom is 0.220 e. The van der Waals surface area contributed by atoms with E-state index in [-0.39, 0.29) is 18.9 Å². The van der Waals surface area contributed by atoms with Gasteiger partial charge in [-0.2, -0.15) is 0 Å². The van der Waals surface area contributed by atoms with Crippen molar-refractivity contribution >= 4 is 5.91 Å². The van der Waals surface area contributed by atoms with Gasteiger partial charge in [-0.3, -0.25) is 4.79 Å². The molecule has 2 heterocycles. The second-order valence-corrected chi connectivity index (χ2v) is 14.4. The van der Waals surface area contributed by atoms with E-state index >= 15 is 0 Å². The Hall–Kier alpha value is -2.57. The lowest BCUT2D eigenvalue weighted by Crippen LogP contribution is -2.65. The Morgan fingerprint density at radius 3 is 1.81 bits per heavy atom. The number of ether oxygens (including phenoxy) is 4. The molecule has 1 amide bonds. The molecule has 9 N–H and O–H groups in total. The fraction of sp³-hybridized carbons (Fsp3) is 0.698. The van der Waals surface area contributed by atoms with Gasteiger partial charge >= 0.3 is 0 Å². The molecule has 0 aromatic heterocycles. The van der Waals surface area contributed by atoms with Gasteiger partial charge in [0.05, 0.1) is 32.0 Å². The zero-order valence-corrected chi connectivity index (χ0v) is 33.8. The van der Waals surface area contributed by atoms with E-state index in [9.17, 15) is 45.6 Å². The Balaban J connectivity index is 1.82. The van der Waals surface area contributed by atoms with E-state index in [0.29, 0.717) is 6.42 Å². The van der Waals surface area contributed by atoms with E-state index in [2.05, 4.69) is 73.0 Å². The third-order valence-corrected chi connectivity index (χ3v) is 9.65. The molecular formula is C43H71NO13. The molecule has 57 heavy (non-hydrogen) atoms. The highest BCUT2D eigenvalue weighted by atomic mass is 16.7. The van der Waals surface area contributed by atoms with Crippen molar-refractivity contribution < 1.29 is 64.6 Å². The maximum atomic E-state index is 12.9. The molecule has 0 saturated carbocycles. The van der Waals surface area contributed by atoms with Crippen molar-refractivity contribution in [2.24, 2.45) is 0 Å². The van der Waals surface area contributed by atoms with Crippen LogP contribution < -0.4 is 5.32 Å². The fourth-order valence-electron chi connectivity index (χ4n) is 6.18. The SMILES string of the molecule is CC/C=C\C/C=C\C/C=C\C/C=C\C/C=C\CCCCCC(=O)NC(COC1OC(CO)C(OC2OC(CO)C(O)C(O)C2O)C(O)C1O)C(O)/C=C/CCCC. The van der Waals surface area contributed by atoms with Crippen molar-refractivity contribution in [2.45, 2.75) is 171 Å². The molecule has 14 nitrogen and oxygen atoms in total. The Bertz CT molecular complexity index is 1240. The Labute approximate surface area is 338 Å². The molecule has 2 saturated heterocycles. The third-order valence-electron chi connectivity index (χ3n) is 9.65. The summed E-state index contributed by atoms with van der Waals surface area (Å²) in [5, 5.41) is 85.7. The second kappa shape index (κ2) is 30.5. The van der Waals surface area contributed by atoms with Crippen LogP contribution in [0.2, 0.25) is 0 Å². The number of carbonyl (C=O) groups excluding carboxylic acids is 1. The lowest BCUT2D eigenvalue weighted by atomic mass is 9.97. The van der Waals surface area contributed by atoms with Gasteiger partial charge in [-0.05, 0) is 57.8 Å². The van der Waals surface area contributed by atoms with Crippen LogP contribution in [-0.4, -0.2) is 140 Å². The zero-order chi connectivity index (χ0) is 41.8. The quantitative estimate of drug-likeness (QED) is 0.0410. The van der Waals surface area contributed by atoms with Gasteiger partial charge in [0.1, 0.15) is 48.8 Å². The molecule has 0 aromatic rings. The van der Waals surface area contributed by atoms with Gasteiger partial charge < -0.3 is 65.1 Å². The smallest absolute Gasteiger partial charge is 0.220 e. The highest BCUT2D eigenvalue weighted by molar-refractivity contribution is 5.76. The molecule has 2 fully saturated rings. The zero-order valence-electron chi connectivity index (χ0n) is 33.8. The summed E-state index contributed by atoms with van der Waals surface area (Å²) in [5.74, 6) is -0.286. The first-order valence-electron chi connectivity index (χ1n) is 20.7. The van der Waals surface area contributed by atoms with Crippen LogP contribution in [0.3, 0.4) is 0 Å². The Kier molecular flexibility index (Phi) is 27.0. The highest BCUT2D eigenvalue weighted by Gasteiger charge is 2.50. The van der Waals surface area contributed by atoms with Crippen LogP contribution in [0, 0.1) is 0 Å². The number of allylic oxidation sites excluding steroid dienone is 11. The number of aliphatic hydroxyl groups is 8. The van der Waals surface area contributed by atoms with E-state index in [1.54, 1.807) is 6.08 Å². The summed E-state index contributed by atoms with van der Waals surface area (Å²) in [4.78, 5) is 12.9. The van der Waals surface area contributed by atoms with Crippen LogP contribution in [0.15, 0.2) is 72.9 Å². The summed E-state index contributed by atoms with van der Waals surface area (Å²) in [6.45, 7) is 2.42. The first-order valence-corrected chi connectivity index (χ1v) is 20.7. The van der Waals surface area contributed by atoms with E-state index in [4.69, 9.17) is 18.9 Å². The average molecular weight is 810 g/mol. The molecule has 14 heteroatoms. The molecule has 0 aromatic carbocycles. The summed E-state index contributed by atoms with van der Waals surface area (Å²) in [7, 11) is 0. The van der Waals surface area contributed by atoms with E-state index in [1.807, 2.05) is 13.0 Å². The minimum atomic E-state index is -1.79. The predicted molar refractivity (Wildman–Crippen MR) is 216 cm³/mol. The van der Waals surface area contributed by atoms with Gasteiger partial charge in [0, 0.05) is 6.42 Å². The van der Waals surface area contributed by atoms with Crippen molar-refractivity contribution in [3.63, 3.8) is 0 Å². The third kappa shape index (κ3) is 19.4. The summed E-state index contributed by atoms with van der Waals surface area (Å²) in [6, 6.07) is -0.930. The van der Waals surface area contributed by atoms with Gasteiger partial charge in [0.2, 0.25) is 5.91 Å². The Morgan fingerprint density at radius 1 is 0.649 bits per heavy atom. The van der Waals surface area contributed by atoms with Gasteiger partial charge in [-0.1, -0.05) is 106 Å². The first kappa shape index (κ1) is 50.6. The summed E-state index contributed by atoms with van der Waals surface area (Å²) in [6.07, 6.45) is 18.9. The van der Waals surface area contributed by atoms with E-state index in [1.165, 1.54) is 0 Å². The molecule has 0 spiro atoms. The molecular weight excluding hydrogens is 738 g/mol. The molecule has 2 rings (SSSR count). The highest BCUT2D eigenvalue weighted by Crippen LogP contribution is 2.29. The maximum absolute atomic E-state index is 12.9. The molecule has 326 valence electrons. The summed E-state index contributed by atoms with van der Waals surface area (Å²) >= 11 is 0. The second-order valence-electron chi connectivity index (χ2n) is 14.4. The number of aliphatic hydroxyl groups excluding tert-OH is 8. The summed E-state index contributed by atoms with van der Waals surface area (Å²) in [5.41, 5.74) is 0. The largest absolute Gasteiger partial charge is 0.394 e. The number of hydrogen-bond donors (Lipinski definition) is 9. The lowest BCUT2D eigenvalue weighted by molar-refractivity contribution is -0.359. The van der Waals surface area contributed by atoms with Gasteiger partial charge in [0.15, 0.2) is 12.6 Å². The predicted octanol–water partition coefficient (Wildman–Crippen LogP) is 2.92. The number of unbranched alkanes of at least 4 members (excludes halogenated alkanes) is 5. The lowest BCUT2D eigenvalue weighted by Gasteiger charge is -2.46. The van der Waals surface area contributed by atoms with Gasteiger partial charge in [0.25, 0.3) is 0 Å². The molecule has 2 aliphatic rings. The number of carbonyl (C=O) groups is 1. The van der Waals surface area contributed by atoms with Gasteiger partial charge in [-0.25, -0.2) is 0 Å². The van der Waals surface area contributed by atoms with Crippen LogP contribution in [0.4, 0.5) is 0 Å². The topological polar surface area (TPSA) is 228 Å². The van der Waals surface area contributed by atoms with Crippen molar-refractivity contribution in [3.8, 4) is 0 Å². The Morgan fingerprint density at radius 2 is 1.21 bits per heavy atom. The number of hydrogen-bond acceptors (Lipinski definition) is 13. The number of rotatable bonds is 28. The molecule has 12 unspecified atom stereocenters. The normalized spacial score (nSPS) is 29.9. The fourth-order valence-corrected chi connectivity index (χ4v) is 6.18. The van der Waals surface area contributed by atoms with Crippen LogP contribution in [0.1, 0.15) is 97.3 Å². The number of nitrogens with one attached hydrogen (secondary N) is 1. The molecule has 0 bridgehead atoms. The number of amides is 1. The monoisotopic (exact) mass is 809 g/mol. The van der Waals surface area contributed by atoms with Crippen LogP contribution >= 0.6 is 0 Å². The average Bonchev–Trinajstić information content (AvgIpc) is 3.21. The molecule has 0 radical (unpaired) electrons. The van der Waals surface area contributed by atoms with Crippen molar-refractivity contribution in [1.29, 1.82) is 0 Å². The summed E-state index contributed by atoms with van der Waals surface area (Å²) < 4.78 is 22.4. The minimum Gasteiger partial charge on any atom is -0.394 e. The molecule has 2 aliphatic heterocycles. The van der Waals surface area contributed by atoms with Crippen LogP contribution in [0.25, 0.3) is 0 Å². The van der Waals surface area contributed by atoms with Gasteiger partial charge in [-0.15, -0.1) is 0 Å². The first-order chi connectivity index (χ1) is 27.6. The van der Waals surface area contributed by atoms with Crippen molar-refractivity contribution in [2.75, 3.05) is 19.8 Å². The van der Waals surface area contributed by atoms with E-state index in [0.717, 1.165) is 70.6 Å².